The van der Waals surface area contributed by atoms with Gasteiger partial charge in [-0.2, -0.15) is 4.31 Å². The topological polar surface area (TPSA) is 83.9 Å². The van der Waals surface area contributed by atoms with Crippen molar-refractivity contribution in [3.05, 3.63) is 88.4 Å². The Kier molecular flexibility index (Phi) is 8.82. The van der Waals surface area contributed by atoms with E-state index < -0.39 is 22.6 Å². The number of carboxylic acids is 1. The predicted molar refractivity (Wildman–Crippen MR) is 151 cm³/mol. The van der Waals surface area contributed by atoms with Crippen LogP contribution in [0, 0.1) is 13.8 Å². The lowest BCUT2D eigenvalue weighted by molar-refractivity contribution is -0.139. The Labute approximate surface area is 229 Å². The summed E-state index contributed by atoms with van der Waals surface area (Å²) in [5.74, 6) is 0.0197. The average molecular weight is 576 g/mol. The third-order valence-corrected chi connectivity index (χ3v) is 10.7. The molecule has 0 aliphatic carbocycles. The molecule has 0 unspecified atom stereocenters. The zero-order valence-corrected chi connectivity index (χ0v) is 23.5. The highest BCUT2D eigenvalue weighted by molar-refractivity contribution is 7.99. The van der Waals surface area contributed by atoms with Gasteiger partial charge in [0.1, 0.15) is 9.96 Å². The van der Waals surface area contributed by atoms with E-state index in [2.05, 4.69) is 0 Å². The van der Waals surface area contributed by atoms with Crippen molar-refractivity contribution < 1.29 is 23.1 Å². The number of aryl methyl sites for hydroxylation is 2. The first-order chi connectivity index (χ1) is 17.6. The smallest absolute Gasteiger partial charge is 0.341 e. The van der Waals surface area contributed by atoms with Gasteiger partial charge in [0.15, 0.2) is 6.61 Å². The molecule has 4 aromatic rings. The SMILES string of the molecule is Cc1cc(SCCN(Cc2ccccc2)S(=O)(=O)c2sc3ccc(Cl)cc3c2C)ccc1OCC(=O)O. The van der Waals surface area contributed by atoms with Gasteiger partial charge in [-0.15, -0.1) is 23.1 Å². The quantitative estimate of drug-likeness (QED) is 0.202. The molecular weight excluding hydrogens is 550 g/mol. The molecule has 0 aliphatic rings. The van der Waals surface area contributed by atoms with Crippen LogP contribution in [0.2, 0.25) is 5.02 Å². The Morgan fingerprint density at radius 3 is 2.54 bits per heavy atom. The largest absolute Gasteiger partial charge is 0.482 e. The van der Waals surface area contributed by atoms with Crippen molar-refractivity contribution in [2.45, 2.75) is 29.5 Å². The van der Waals surface area contributed by atoms with Crippen molar-refractivity contribution >= 4 is 60.8 Å². The number of nitrogens with zero attached hydrogens (tertiary/aromatic N) is 1. The molecule has 0 aliphatic heterocycles. The molecule has 1 aromatic heterocycles. The van der Waals surface area contributed by atoms with Gasteiger partial charge in [-0.05, 0) is 72.3 Å². The van der Waals surface area contributed by atoms with Gasteiger partial charge in [-0.25, -0.2) is 13.2 Å². The van der Waals surface area contributed by atoms with E-state index >= 15 is 0 Å². The minimum atomic E-state index is -3.77. The molecule has 37 heavy (non-hydrogen) atoms. The number of sulfonamides is 1. The molecule has 3 aromatic carbocycles. The maximum Gasteiger partial charge on any atom is 0.341 e. The Morgan fingerprint density at radius 1 is 1.08 bits per heavy atom. The lowest BCUT2D eigenvalue weighted by Crippen LogP contribution is -2.32. The number of fused-ring (bicyclic) bond motifs is 1. The zero-order valence-electron chi connectivity index (χ0n) is 20.3. The molecule has 0 saturated carbocycles. The number of ether oxygens (including phenoxy) is 1. The van der Waals surface area contributed by atoms with Crippen LogP contribution in [-0.4, -0.2) is 42.7 Å². The molecule has 1 N–H and O–H groups in total. The summed E-state index contributed by atoms with van der Waals surface area (Å²) in [5, 5.41) is 10.3. The van der Waals surface area contributed by atoms with Crippen LogP contribution in [0.5, 0.6) is 5.75 Å². The summed E-state index contributed by atoms with van der Waals surface area (Å²) in [6, 6.07) is 20.5. The maximum absolute atomic E-state index is 13.9. The second kappa shape index (κ2) is 11.9. The number of benzene rings is 3. The molecule has 10 heteroatoms. The lowest BCUT2D eigenvalue weighted by Gasteiger charge is -2.22. The number of aliphatic carboxylic acids is 1. The van der Waals surface area contributed by atoms with Gasteiger partial charge in [-0.1, -0.05) is 41.9 Å². The number of thiophene rings is 1. The van der Waals surface area contributed by atoms with Crippen LogP contribution < -0.4 is 4.74 Å². The monoisotopic (exact) mass is 575 g/mol. The highest BCUT2D eigenvalue weighted by atomic mass is 35.5. The van der Waals surface area contributed by atoms with Crippen molar-refractivity contribution in [3.8, 4) is 5.75 Å². The van der Waals surface area contributed by atoms with Gasteiger partial charge in [0.25, 0.3) is 10.0 Å². The van der Waals surface area contributed by atoms with Crippen LogP contribution in [0.4, 0.5) is 0 Å². The van der Waals surface area contributed by atoms with Crippen LogP contribution in [0.1, 0.15) is 16.7 Å². The van der Waals surface area contributed by atoms with Gasteiger partial charge in [0.2, 0.25) is 0 Å². The second-order valence-corrected chi connectivity index (χ2v) is 13.2. The fourth-order valence-corrected chi connectivity index (χ4v) is 8.45. The Hall–Kier alpha value is -2.56. The van der Waals surface area contributed by atoms with Gasteiger partial charge in [-0.3, -0.25) is 0 Å². The first-order valence-corrected chi connectivity index (χ1v) is 15.1. The summed E-state index contributed by atoms with van der Waals surface area (Å²) in [7, 11) is -3.77. The summed E-state index contributed by atoms with van der Waals surface area (Å²) in [5.41, 5.74) is 2.44. The molecule has 194 valence electrons. The van der Waals surface area contributed by atoms with E-state index in [9.17, 15) is 13.2 Å². The van der Waals surface area contributed by atoms with Crippen molar-refractivity contribution in [1.82, 2.24) is 4.31 Å². The number of hydrogen-bond acceptors (Lipinski definition) is 6. The molecule has 0 saturated heterocycles. The first-order valence-electron chi connectivity index (χ1n) is 11.5. The second-order valence-electron chi connectivity index (χ2n) is 8.44. The normalized spacial score (nSPS) is 11.8. The third-order valence-electron chi connectivity index (χ3n) is 5.74. The van der Waals surface area contributed by atoms with Crippen LogP contribution in [-0.2, 0) is 21.4 Å². The van der Waals surface area contributed by atoms with E-state index in [-0.39, 0.29) is 6.54 Å². The minimum Gasteiger partial charge on any atom is -0.482 e. The highest BCUT2D eigenvalue weighted by Crippen LogP contribution is 2.37. The fourth-order valence-electron chi connectivity index (χ4n) is 3.88. The Balaban J connectivity index is 1.55. The summed E-state index contributed by atoms with van der Waals surface area (Å²) in [4.78, 5) is 11.7. The molecule has 0 radical (unpaired) electrons. The molecule has 1 heterocycles. The first kappa shape index (κ1) is 27.5. The van der Waals surface area contributed by atoms with Crippen LogP contribution >= 0.6 is 34.7 Å². The average Bonchev–Trinajstić information content (AvgIpc) is 3.20. The van der Waals surface area contributed by atoms with E-state index in [1.54, 1.807) is 12.1 Å². The molecule has 0 fully saturated rings. The number of carbonyl (C=O) groups is 1. The fraction of sp³-hybridized carbons (Fsp3) is 0.222. The molecule has 0 atom stereocenters. The van der Waals surface area contributed by atoms with Crippen LogP contribution in [0.15, 0.2) is 75.8 Å². The number of rotatable bonds is 11. The van der Waals surface area contributed by atoms with E-state index in [0.29, 0.717) is 32.8 Å². The van der Waals surface area contributed by atoms with Crippen molar-refractivity contribution in [1.29, 1.82) is 0 Å². The predicted octanol–water partition coefficient (Wildman–Crippen LogP) is 6.62. The molecule has 4 rings (SSSR count). The van der Waals surface area contributed by atoms with E-state index in [4.69, 9.17) is 21.4 Å². The van der Waals surface area contributed by atoms with Crippen molar-refractivity contribution in [2.75, 3.05) is 18.9 Å². The van der Waals surface area contributed by atoms with Crippen molar-refractivity contribution in [2.24, 2.45) is 0 Å². The highest BCUT2D eigenvalue weighted by Gasteiger charge is 2.29. The minimum absolute atomic E-state index is 0.263. The molecule has 6 nitrogen and oxygen atoms in total. The maximum atomic E-state index is 13.9. The summed E-state index contributed by atoms with van der Waals surface area (Å²) in [6.45, 7) is 3.85. The zero-order chi connectivity index (χ0) is 26.6. The molecule has 0 spiro atoms. The summed E-state index contributed by atoms with van der Waals surface area (Å²) < 4.78 is 35.9. The lowest BCUT2D eigenvalue weighted by atomic mass is 10.2. The van der Waals surface area contributed by atoms with E-state index in [1.807, 2.05) is 68.4 Å². The van der Waals surface area contributed by atoms with Gasteiger partial charge < -0.3 is 9.84 Å². The summed E-state index contributed by atoms with van der Waals surface area (Å²) >= 11 is 8.98. The van der Waals surface area contributed by atoms with Gasteiger partial charge in [0.05, 0.1) is 0 Å². The van der Waals surface area contributed by atoms with Crippen molar-refractivity contribution in [3.63, 3.8) is 0 Å². The van der Waals surface area contributed by atoms with Crippen LogP contribution in [0.25, 0.3) is 10.1 Å². The third kappa shape index (κ3) is 6.66. The number of carboxylic acid groups (broad SMARTS) is 1. The Morgan fingerprint density at radius 2 is 1.84 bits per heavy atom. The number of hydrogen-bond donors (Lipinski definition) is 1. The standard InChI is InChI=1S/C27H26ClNO5S3/c1-18-14-22(9-10-24(18)34-17-26(30)31)35-13-12-29(16-20-6-4-3-5-7-20)37(32,33)27-19(2)23-15-21(28)8-11-25(23)36-27/h3-11,14-15H,12-13,16-17H2,1-2H3,(H,30,31). The van der Waals surface area contributed by atoms with Gasteiger partial charge in [0, 0.05) is 33.5 Å². The van der Waals surface area contributed by atoms with Crippen LogP contribution in [0.3, 0.4) is 0 Å². The van der Waals surface area contributed by atoms with Gasteiger partial charge >= 0.3 is 5.97 Å². The summed E-state index contributed by atoms with van der Waals surface area (Å²) in [6.07, 6.45) is 0. The molecular formula is C27H26ClNO5S3. The molecule has 0 bridgehead atoms. The van der Waals surface area contributed by atoms with E-state index in [1.165, 1.54) is 27.4 Å². The molecule has 0 amide bonds. The van der Waals surface area contributed by atoms with E-state index in [0.717, 1.165) is 26.1 Å². The number of thioether (sulfide) groups is 1. The Bertz CT molecular complexity index is 1520. The number of halogens is 1.